The number of nitro groups is 1. The van der Waals surface area contributed by atoms with Crippen LogP contribution >= 0.6 is 0 Å². The zero-order valence-corrected chi connectivity index (χ0v) is 10.8. The van der Waals surface area contributed by atoms with Crippen molar-refractivity contribution in [3.8, 4) is 0 Å². The third-order valence-electron chi connectivity index (χ3n) is 2.72. The Bertz CT molecular complexity index is 478. The van der Waals surface area contributed by atoms with Crippen LogP contribution in [-0.4, -0.2) is 22.7 Å². The molecule has 0 aliphatic carbocycles. The molecule has 1 aromatic carbocycles. The van der Waals surface area contributed by atoms with E-state index in [9.17, 15) is 23.3 Å². The first-order valence-corrected chi connectivity index (χ1v) is 5.98. The van der Waals surface area contributed by atoms with Crippen LogP contribution in [0.3, 0.4) is 0 Å². The molecule has 1 unspecified atom stereocenters. The summed E-state index contributed by atoms with van der Waals surface area (Å²) in [5, 5.41) is 22.3. The first kappa shape index (κ1) is 16.2. The van der Waals surface area contributed by atoms with Gasteiger partial charge in [0.15, 0.2) is 0 Å². The first-order valence-electron chi connectivity index (χ1n) is 5.98. The molecule has 0 spiro atoms. The molecule has 0 aliphatic rings. The molecule has 1 aromatic rings. The standard InChI is InChI=1S/C12H15F3N2O3/c1-8(3-2-6-18)16-10-5-4-9(12(13,14)15)7-11(10)17(19)20/h4-5,7-8,16,18H,2-3,6H2,1H3. The number of anilines is 1. The molecule has 0 aromatic heterocycles. The quantitative estimate of drug-likeness (QED) is 0.623. The summed E-state index contributed by atoms with van der Waals surface area (Å²) >= 11 is 0. The molecule has 0 saturated heterocycles. The van der Waals surface area contributed by atoms with Gasteiger partial charge < -0.3 is 10.4 Å². The third kappa shape index (κ3) is 4.37. The van der Waals surface area contributed by atoms with Crippen molar-refractivity contribution < 1.29 is 23.2 Å². The van der Waals surface area contributed by atoms with Crippen LogP contribution in [-0.2, 0) is 6.18 Å². The van der Waals surface area contributed by atoms with E-state index in [1.165, 1.54) is 0 Å². The van der Waals surface area contributed by atoms with Gasteiger partial charge >= 0.3 is 6.18 Å². The summed E-state index contributed by atoms with van der Waals surface area (Å²) in [5.74, 6) is 0. The number of benzene rings is 1. The zero-order chi connectivity index (χ0) is 15.3. The van der Waals surface area contributed by atoms with Gasteiger partial charge in [-0.15, -0.1) is 0 Å². The van der Waals surface area contributed by atoms with E-state index >= 15 is 0 Å². The van der Waals surface area contributed by atoms with E-state index in [2.05, 4.69) is 5.32 Å². The molecule has 0 aliphatic heterocycles. The highest BCUT2D eigenvalue weighted by Crippen LogP contribution is 2.35. The Morgan fingerprint density at radius 3 is 2.60 bits per heavy atom. The minimum absolute atomic E-state index is 0.0128. The molecule has 5 nitrogen and oxygen atoms in total. The van der Waals surface area contributed by atoms with Gasteiger partial charge in [-0.2, -0.15) is 13.2 Å². The van der Waals surface area contributed by atoms with Crippen LogP contribution < -0.4 is 5.32 Å². The molecule has 0 fully saturated rings. The average molecular weight is 292 g/mol. The predicted molar refractivity (Wildman–Crippen MR) is 67.5 cm³/mol. The number of hydrogen-bond acceptors (Lipinski definition) is 4. The lowest BCUT2D eigenvalue weighted by Gasteiger charge is -2.15. The number of nitrogens with one attached hydrogen (secondary N) is 1. The van der Waals surface area contributed by atoms with E-state index in [1.54, 1.807) is 6.92 Å². The van der Waals surface area contributed by atoms with Crippen molar-refractivity contribution in [1.29, 1.82) is 0 Å². The fourth-order valence-corrected chi connectivity index (χ4v) is 1.72. The van der Waals surface area contributed by atoms with E-state index in [4.69, 9.17) is 5.11 Å². The molecule has 1 atom stereocenters. The summed E-state index contributed by atoms with van der Waals surface area (Å²) in [6.07, 6.45) is -3.57. The lowest BCUT2D eigenvalue weighted by Crippen LogP contribution is -2.17. The van der Waals surface area contributed by atoms with Gasteiger partial charge in [0.2, 0.25) is 0 Å². The Balaban J connectivity index is 2.99. The lowest BCUT2D eigenvalue weighted by atomic mass is 10.1. The number of halogens is 3. The van der Waals surface area contributed by atoms with Gasteiger partial charge in [-0.3, -0.25) is 10.1 Å². The van der Waals surface area contributed by atoms with Crippen LogP contribution in [0.15, 0.2) is 18.2 Å². The molecule has 2 N–H and O–H groups in total. The number of aliphatic hydroxyl groups excluding tert-OH is 1. The van der Waals surface area contributed by atoms with Crippen molar-refractivity contribution >= 4 is 11.4 Å². The van der Waals surface area contributed by atoms with Crippen molar-refractivity contribution in [2.45, 2.75) is 32.0 Å². The molecule has 0 saturated carbocycles. The Morgan fingerprint density at radius 2 is 2.10 bits per heavy atom. The second-order valence-corrected chi connectivity index (χ2v) is 4.40. The summed E-state index contributed by atoms with van der Waals surface area (Å²) < 4.78 is 37.6. The van der Waals surface area contributed by atoms with Crippen LogP contribution in [0.5, 0.6) is 0 Å². The van der Waals surface area contributed by atoms with E-state index in [1.807, 2.05) is 0 Å². The summed E-state index contributed by atoms with van der Waals surface area (Å²) in [6, 6.07) is 2.17. The molecular weight excluding hydrogens is 277 g/mol. The minimum atomic E-state index is -4.62. The Labute approximate surface area is 113 Å². The minimum Gasteiger partial charge on any atom is -0.396 e. The van der Waals surface area contributed by atoms with Crippen molar-refractivity contribution in [1.82, 2.24) is 0 Å². The molecule has 0 bridgehead atoms. The summed E-state index contributed by atoms with van der Waals surface area (Å²) in [7, 11) is 0. The Morgan fingerprint density at radius 1 is 1.45 bits per heavy atom. The van der Waals surface area contributed by atoms with Gasteiger partial charge in [0.05, 0.1) is 10.5 Å². The van der Waals surface area contributed by atoms with Gasteiger partial charge in [-0.25, -0.2) is 0 Å². The van der Waals surface area contributed by atoms with E-state index in [-0.39, 0.29) is 18.3 Å². The van der Waals surface area contributed by atoms with Gasteiger partial charge in [-0.05, 0) is 31.9 Å². The predicted octanol–water partition coefficient (Wildman–Crippen LogP) is 3.19. The van der Waals surface area contributed by atoms with Crippen LogP contribution in [0.1, 0.15) is 25.3 Å². The summed E-state index contributed by atoms with van der Waals surface area (Å²) in [4.78, 5) is 10.0. The number of hydrogen-bond donors (Lipinski definition) is 2. The Hall–Kier alpha value is -1.83. The maximum absolute atomic E-state index is 12.5. The SMILES string of the molecule is CC(CCCO)Nc1ccc(C(F)(F)F)cc1[N+](=O)[O-]. The average Bonchev–Trinajstić information content (AvgIpc) is 2.35. The molecule has 0 heterocycles. The zero-order valence-electron chi connectivity index (χ0n) is 10.8. The Kier molecular flexibility index (Phi) is 5.32. The van der Waals surface area contributed by atoms with Gasteiger partial charge in [-0.1, -0.05) is 0 Å². The van der Waals surface area contributed by atoms with Gasteiger partial charge in [0, 0.05) is 18.7 Å². The maximum atomic E-state index is 12.5. The first-order chi connectivity index (χ1) is 9.25. The molecule has 0 radical (unpaired) electrons. The lowest BCUT2D eigenvalue weighted by molar-refractivity contribution is -0.384. The second kappa shape index (κ2) is 6.56. The smallest absolute Gasteiger partial charge is 0.396 e. The summed E-state index contributed by atoms with van der Waals surface area (Å²) in [5.41, 5.74) is -1.64. The van der Waals surface area contributed by atoms with Gasteiger partial charge in [0.1, 0.15) is 5.69 Å². The van der Waals surface area contributed by atoms with Crippen molar-refractivity contribution in [2.24, 2.45) is 0 Å². The summed E-state index contributed by atoms with van der Waals surface area (Å²) in [6.45, 7) is 1.72. The normalized spacial score (nSPS) is 13.1. The molecule has 20 heavy (non-hydrogen) atoms. The molecule has 1 rings (SSSR count). The molecule has 8 heteroatoms. The van der Waals surface area contributed by atoms with Crippen molar-refractivity contribution in [2.75, 3.05) is 11.9 Å². The fraction of sp³-hybridized carbons (Fsp3) is 0.500. The number of rotatable bonds is 6. The monoisotopic (exact) mass is 292 g/mol. The number of nitro benzene ring substituents is 1. The van der Waals surface area contributed by atoms with E-state index in [0.29, 0.717) is 18.9 Å². The van der Waals surface area contributed by atoms with Gasteiger partial charge in [0.25, 0.3) is 5.69 Å². The highest BCUT2D eigenvalue weighted by atomic mass is 19.4. The fourth-order valence-electron chi connectivity index (χ4n) is 1.72. The second-order valence-electron chi connectivity index (χ2n) is 4.40. The molecular formula is C12H15F3N2O3. The van der Waals surface area contributed by atoms with Crippen LogP contribution in [0.25, 0.3) is 0 Å². The highest BCUT2D eigenvalue weighted by Gasteiger charge is 2.33. The van der Waals surface area contributed by atoms with E-state index in [0.717, 1.165) is 12.1 Å². The highest BCUT2D eigenvalue weighted by molar-refractivity contribution is 5.63. The van der Waals surface area contributed by atoms with E-state index < -0.39 is 22.4 Å². The number of alkyl halides is 3. The van der Waals surface area contributed by atoms with Crippen LogP contribution in [0.4, 0.5) is 24.5 Å². The third-order valence-corrected chi connectivity index (χ3v) is 2.72. The van der Waals surface area contributed by atoms with Crippen molar-refractivity contribution in [3.63, 3.8) is 0 Å². The van der Waals surface area contributed by atoms with Crippen molar-refractivity contribution in [3.05, 3.63) is 33.9 Å². The largest absolute Gasteiger partial charge is 0.416 e. The number of aliphatic hydroxyl groups is 1. The topological polar surface area (TPSA) is 75.4 Å². The van der Waals surface area contributed by atoms with Crippen LogP contribution in [0.2, 0.25) is 0 Å². The van der Waals surface area contributed by atoms with Crippen LogP contribution in [0, 0.1) is 10.1 Å². The molecule has 112 valence electrons. The number of nitrogens with zero attached hydrogens (tertiary/aromatic N) is 1. The maximum Gasteiger partial charge on any atom is 0.416 e. The molecule has 0 amide bonds.